The third-order valence-corrected chi connectivity index (χ3v) is 3.72. The summed E-state index contributed by atoms with van der Waals surface area (Å²) in [7, 11) is 0. The molecule has 0 saturated heterocycles. The molecular weight excluding hydrogens is 417 g/mol. The minimum Gasteiger partial charge on any atom is -0.356 e. The van der Waals surface area contributed by atoms with Gasteiger partial charge in [-0.2, -0.15) is 0 Å². The Bertz CT molecular complexity index is 423. The van der Waals surface area contributed by atoms with Crippen molar-refractivity contribution in [2.75, 3.05) is 19.6 Å². The lowest BCUT2D eigenvalue weighted by atomic mass is 9.97. The average Bonchev–Trinajstić information content (AvgIpc) is 2.87. The van der Waals surface area contributed by atoms with E-state index < -0.39 is 0 Å². The van der Waals surface area contributed by atoms with Gasteiger partial charge in [-0.15, -0.1) is 24.0 Å². The molecule has 1 aromatic rings. The van der Waals surface area contributed by atoms with Crippen LogP contribution in [0.3, 0.4) is 0 Å². The fourth-order valence-electron chi connectivity index (χ4n) is 2.12. The van der Waals surface area contributed by atoms with Crippen LogP contribution in [0.2, 0.25) is 0 Å². The maximum absolute atomic E-state index is 4.35. The molecule has 1 aliphatic rings. The van der Waals surface area contributed by atoms with Gasteiger partial charge in [-0.25, -0.2) is 0 Å². The summed E-state index contributed by atoms with van der Waals surface area (Å²) in [4.78, 5) is 4.35. The van der Waals surface area contributed by atoms with Crippen molar-refractivity contribution < 1.29 is 0 Å². The highest BCUT2D eigenvalue weighted by Gasteiger charge is 2.10. The van der Waals surface area contributed by atoms with E-state index in [0.29, 0.717) is 5.92 Å². The van der Waals surface area contributed by atoms with Crippen LogP contribution in [0.15, 0.2) is 33.7 Å². The summed E-state index contributed by atoms with van der Waals surface area (Å²) in [5.74, 6) is 1.60. The molecule has 0 amide bonds. The van der Waals surface area contributed by atoms with Gasteiger partial charge in [0.1, 0.15) is 0 Å². The van der Waals surface area contributed by atoms with Gasteiger partial charge in [0.25, 0.3) is 0 Å². The highest BCUT2D eigenvalue weighted by molar-refractivity contribution is 14.0. The van der Waals surface area contributed by atoms with Crippen LogP contribution in [0.25, 0.3) is 0 Å². The van der Waals surface area contributed by atoms with Gasteiger partial charge in [0.15, 0.2) is 5.96 Å². The molecule has 1 aliphatic heterocycles. The molecule has 0 radical (unpaired) electrons. The molecule has 2 N–H and O–H groups in total. The molecule has 1 unspecified atom stereocenters. The molecule has 1 aromatic carbocycles. The zero-order valence-electron chi connectivity index (χ0n) is 11.2. The smallest absolute Gasteiger partial charge is 0.191 e. The van der Waals surface area contributed by atoms with Gasteiger partial charge in [0.2, 0.25) is 0 Å². The van der Waals surface area contributed by atoms with Crippen molar-refractivity contribution in [3.05, 3.63) is 34.3 Å². The van der Waals surface area contributed by atoms with E-state index in [1.165, 1.54) is 12.0 Å². The molecule has 0 aliphatic carbocycles. The molecule has 2 rings (SSSR count). The first kappa shape index (κ1) is 16.8. The van der Waals surface area contributed by atoms with E-state index in [0.717, 1.165) is 36.5 Å². The Balaban J connectivity index is 0.00000180. The SMILES string of the molecule is CCC(CNC1=NCCN1)Cc1cccc(Br)c1.I. The first-order valence-electron chi connectivity index (χ1n) is 6.54. The molecule has 0 saturated carbocycles. The number of hydrogen-bond acceptors (Lipinski definition) is 3. The van der Waals surface area contributed by atoms with Crippen molar-refractivity contribution in [1.29, 1.82) is 0 Å². The molecule has 3 nitrogen and oxygen atoms in total. The van der Waals surface area contributed by atoms with Gasteiger partial charge in [-0.1, -0.05) is 41.4 Å². The highest BCUT2D eigenvalue weighted by Crippen LogP contribution is 2.16. The Morgan fingerprint density at radius 3 is 2.95 bits per heavy atom. The van der Waals surface area contributed by atoms with E-state index in [-0.39, 0.29) is 24.0 Å². The summed E-state index contributed by atoms with van der Waals surface area (Å²) >= 11 is 3.52. The summed E-state index contributed by atoms with van der Waals surface area (Å²) in [5.41, 5.74) is 1.39. The van der Waals surface area contributed by atoms with Gasteiger partial charge in [0.05, 0.1) is 6.54 Å². The van der Waals surface area contributed by atoms with E-state index in [1.54, 1.807) is 0 Å². The van der Waals surface area contributed by atoms with Gasteiger partial charge in [-0.3, -0.25) is 4.99 Å². The molecule has 1 heterocycles. The van der Waals surface area contributed by atoms with Crippen LogP contribution in [-0.2, 0) is 6.42 Å². The van der Waals surface area contributed by atoms with E-state index >= 15 is 0 Å². The van der Waals surface area contributed by atoms with Crippen LogP contribution in [0.5, 0.6) is 0 Å². The lowest BCUT2D eigenvalue weighted by molar-refractivity contribution is 0.495. The lowest BCUT2D eigenvalue weighted by Gasteiger charge is -2.16. The quantitative estimate of drug-likeness (QED) is 0.694. The molecular formula is C14H21BrIN3. The Morgan fingerprint density at radius 1 is 1.47 bits per heavy atom. The van der Waals surface area contributed by atoms with E-state index in [9.17, 15) is 0 Å². The summed E-state index contributed by atoms with van der Waals surface area (Å²) in [6.45, 7) is 5.08. The normalized spacial score (nSPS) is 15.2. The monoisotopic (exact) mass is 437 g/mol. The summed E-state index contributed by atoms with van der Waals surface area (Å²) in [6, 6.07) is 8.56. The van der Waals surface area contributed by atoms with Crippen molar-refractivity contribution >= 4 is 45.9 Å². The van der Waals surface area contributed by atoms with Crippen molar-refractivity contribution in [3.8, 4) is 0 Å². The maximum Gasteiger partial charge on any atom is 0.191 e. The second-order valence-corrected chi connectivity index (χ2v) is 5.56. The Hall–Kier alpha value is -0.300. The Kier molecular flexibility index (Phi) is 7.75. The summed E-state index contributed by atoms with van der Waals surface area (Å²) < 4.78 is 1.16. The molecule has 106 valence electrons. The third-order valence-electron chi connectivity index (χ3n) is 3.22. The molecule has 0 spiro atoms. The molecule has 0 aromatic heterocycles. The predicted molar refractivity (Wildman–Crippen MR) is 95.3 cm³/mol. The van der Waals surface area contributed by atoms with Crippen molar-refractivity contribution in [1.82, 2.24) is 10.6 Å². The molecule has 1 atom stereocenters. The van der Waals surface area contributed by atoms with Crippen LogP contribution >= 0.6 is 39.9 Å². The fraction of sp³-hybridized carbons (Fsp3) is 0.500. The zero-order chi connectivity index (χ0) is 12.8. The van der Waals surface area contributed by atoms with Crippen LogP contribution in [0, 0.1) is 5.92 Å². The Morgan fingerprint density at radius 2 is 2.32 bits per heavy atom. The lowest BCUT2D eigenvalue weighted by Crippen LogP contribution is -2.37. The summed E-state index contributed by atoms with van der Waals surface area (Å²) in [5, 5.41) is 6.64. The molecule has 5 heteroatoms. The number of nitrogens with one attached hydrogen (secondary N) is 2. The molecule has 0 bridgehead atoms. The van der Waals surface area contributed by atoms with E-state index in [4.69, 9.17) is 0 Å². The minimum atomic E-state index is 0. The number of benzene rings is 1. The number of aliphatic imine (C=N–C) groups is 1. The largest absolute Gasteiger partial charge is 0.356 e. The van der Waals surface area contributed by atoms with Crippen molar-refractivity contribution in [2.45, 2.75) is 19.8 Å². The van der Waals surface area contributed by atoms with Gasteiger partial charge >= 0.3 is 0 Å². The standard InChI is InChI=1S/C14H20BrN3.HI/c1-2-11(10-18-14-16-6-7-17-14)8-12-4-3-5-13(15)9-12;/h3-5,9,11H,2,6-8,10H2,1H3,(H2,16,17,18);1H. The zero-order valence-corrected chi connectivity index (χ0v) is 15.1. The fourth-order valence-corrected chi connectivity index (χ4v) is 2.56. The number of halogens is 2. The molecule has 19 heavy (non-hydrogen) atoms. The van der Waals surface area contributed by atoms with Crippen molar-refractivity contribution in [3.63, 3.8) is 0 Å². The maximum atomic E-state index is 4.35. The first-order chi connectivity index (χ1) is 8.78. The van der Waals surface area contributed by atoms with Crippen LogP contribution in [0.4, 0.5) is 0 Å². The summed E-state index contributed by atoms with van der Waals surface area (Å²) in [6.07, 6.45) is 2.28. The second-order valence-electron chi connectivity index (χ2n) is 4.65. The number of guanidine groups is 1. The average molecular weight is 438 g/mol. The van der Waals surface area contributed by atoms with E-state index in [1.807, 2.05) is 0 Å². The van der Waals surface area contributed by atoms with Gasteiger partial charge in [0, 0.05) is 17.6 Å². The Labute approximate surface area is 140 Å². The minimum absolute atomic E-state index is 0. The number of nitrogens with zero attached hydrogens (tertiary/aromatic N) is 1. The third kappa shape index (κ3) is 5.69. The second kappa shape index (κ2) is 8.79. The van der Waals surface area contributed by atoms with Crippen LogP contribution in [0.1, 0.15) is 18.9 Å². The highest BCUT2D eigenvalue weighted by atomic mass is 127. The topological polar surface area (TPSA) is 36.4 Å². The number of rotatable bonds is 5. The van der Waals surface area contributed by atoms with Crippen LogP contribution < -0.4 is 10.6 Å². The van der Waals surface area contributed by atoms with Crippen molar-refractivity contribution in [2.24, 2.45) is 10.9 Å². The van der Waals surface area contributed by atoms with E-state index in [2.05, 4.69) is 62.7 Å². The molecule has 0 fully saturated rings. The van der Waals surface area contributed by atoms with Crippen LogP contribution in [-0.4, -0.2) is 25.6 Å². The first-order valence-corrected chi connectivity index (χ1v) is 7.34. The van der Waals surface area contributed by atoms with Gasteiger partial charge < -0.3 is 10.6 Å². The number of hydrogen-bond donors (Lipinski definition) is 2. The van der Waals surface area contributed by atoms with Gasteiger partial charge in [-0.05, 0) is 30.0 Å². The predicted octanol–water partition coefficient (Wildman–Crippen LogP) is 3.18.